The fraction of sp³-hybridized carbons (Fsp3) is 0.459. The second kappa shape index (κ2) is 14.2. The number of methoxy groups -OCH3 is 2. The van der Waals surface area contributed by atoms with Gasteiger partial charge in [-0.25, -0.2) is 0 Å². The fourth-order valence-corrected chi connectivity index (χ4v) is 7.82. The molecule has 1 aliphatic rings. The van der Waals surface area contributed by atoms with E-state index in [9.17, 15) is 9.59 Å². The minimum absolute atomic E-state index is 0.0100. The highest BCUT2D eigenvalue weighted by Gasteiger charge is 2.50. The van der Waals surface area contributed by atoms with Crippen molar-refractivity contribution in [1.82, 2.24) is 0 Å². The molecule has 1 saturated carbocycles. The summed E-state index contributed by atoms with van der Waals surface area (Å²) >= 11 is 0. The first-order valence-corrected chi connectivity index (χ1v) is 18.7. The first-order valence-electron chi connectivity index (χ1n) is 15.8. The molecule has 1 fully saturated rings. The normalized spacial score (nSPS) is 19.0. The van der Waals surface area contributed by atoms with E-state index in [4.69, 9.17) is 24.4 Å². The molecule has 45 heavy (non-hydrogen) atoms. The number of primary amides is 1. The molecule has 1 amide bonds. The van der Waals surface area contributed by atoms with Gasteiger partial charge in [0.15, 0.2) is 8.32 Å². The van der Waals surface area contributed by atoms with Crippen LogP contribution in [0, 0.1) is 5.92 Å². The Hall–Kier alpha value is -3.62. The first kappa shape index (κ1) is 34.3. The molecule has 0 heterocycles. The van der Waals surface area contributed by atoms with E-state index >= 15 is 0 Å². The highest BCUT2D eigenvalue weighted by molar-refractivity contribution is 6.74. The molecule has 0 bridgehead atoms. The number of carbonyl (C=O) groups excluding carboxylic acids is 2. The van der Waals surface area contributed by atoms with E-state index in [0.29, 0.717) is 12.8 Å². The van der Waals surface area contributed by atoms with Gasteiger partial charge in [0.25, 0.3) is 0 Å². The molecule has 8 heteroatoms. The monoisotopic (exact) mass is 631 g/mol. The zero-order valence-electron chi connectivity index (χ0n) is 27.8. The average molecular weight is 632 g/mol. The number of esters is 1. The molecule has 0 radical (unpaired) electrons. The lowest BCUT2D eigenvalue weighted by Gasteiger charge is -2.49. The van der Waals surface area contributed by atoms with Crippen molar-refractivity contribution in [1.29, 1.82) is 0 Å². The molecular formula is C37H49NO6Si. The van der Waals surface area contributed by atoms with Crippen LogP contribution in [0.4, 0.5) is 0 Å². The second-order valence-electron chi connectivity index (χ2n) is 13.6. The van der Waals surface area contributed by atoms with Gasteiger partial charge >= 0.3 is 5.97 Å². The fourth-order valence-electron chi connectivity index (χ4n) is 6.44. The lowest BCUT2D eigenvalue weighted by Crippen LogP contribution is -2.50. The molecule has 3 atom stereocenters. The number of ether oxygens (including phenoxy) is 3. The number of carbonyl (C=O) groups is 2. The molecule has 0 unspecified atom stereocenters. The highest BCUT2D eigenvalue weighted by Crippen LogP contribution is 2.52. The first-order chi connectivity index (χ1) is 21.3. The summed E-state index contributed by atoms with van der Waals surface area (Å²) in [7, 11) is 1.16. The number of benzene rings is 3. The summed E-state index contributed by atoms with van der Waals surface area (Å²) in [4.78, 5) is 24.4. The van der Waals surface area contributed by atoms with Crippen LogP contribution in [0.15, 0.2) is 78.9 Å². The maximum atomic E-state index is 13.0. The Morgan fingerprint density at radius 2 is 1.22 bits per heavy atom. The number of hydrogen-bond acceptors (Lipinski definition) is 6. The van der Waals surface area contributed by atoms with Crippen LogP contribution < -0.4 is 15.2 Å². The van der Waals surface area contributed by atoms with Crippen molar-refractivity contribution in [2.24, 2.45) is 11.7 Å². The Kier molecular flexibility index (Phi) is 10.8. The van der Waals surface area contributed by atoms with Gasteiger partial charge in [-0.05, 0) is 77.8 Å². The zero-order valence-corrected chi connectivity index (χ0v) is 28.8. The molecule has 2 N–H and O–H groups in total. The molecule has 3 aromatic rings. The van der Waals surface area contributed by atoms with Crippen LogP contribution in [0.5, 0.6) is 11.5 Å². The molecule has 0 aromatic heterocycles. The summed E-state index contributed by atoms with van der Waals surface area (Å²) in [6.45, 7) is 11.3. The third-order valence-electron chi connectivity index (χ3n) is 9.69. The van der Waals surface area contributed by atoms with E-state index in [0.717, 1.165) is 34.6 Å². The lowest BCUT2D eigenvalue weighted by molar-refractivity contribution is -0.154. The number of amides is 1. The number of rotatable bonds is 12. The van der Waals surface area contributed by atoms with Crippen molar-refractivity contribution in [3.63, 3.8) is 0 Å². The van der Waals surface area contributed by atoms with E-state index in [1.807, 2.05) is 30.3 Å². The third-order valence-corrected chi connectivity index (χ3v) is 14.2. The topological polar surface area (TPSA) is 97.1 Å². The van der Waals surface area contributed by atoms with E-state index in [-0.39, 0.29) is 29.9 Å². The van der Waals surface area contributed by atoms with Crippen LogP contribution in [0.2, 0.25) is 18.1 Å². The van der Waals surface area contributed by atoms with Gasteiger partial charge in [-0.15, -0.1) is 0 Å². The van der Waals surface area contributed by atoms with E-state index in [1.165, 1.54) is 0 Å². The van der Waals surface area contributed by atoms with E-state index in [2.05, 4.69) is 82.4 Å². The van der Waals surface area contributed by atoms with Crippen LogP contribution >= 0.6 is 0 Å². The van der Waals surface area contributed by atoms with Crippen molar-refractivity contribution in [2.45, 2.75) is 88.6 Å². The Morgan fingerprint density at radius 1 is 0.733 bits per heavy atom. The Balaban J connectivity index is 1.90. The van der Waals surface area contributed by atoms with Crippen LogP contribution in [0.3, 0.4) is 0 Å². The minimum atomic E-state index is -2.18. The largest absolute Gasteiger partial charge is 0.497 e. The van der Waals surface area contributed by atoms with Crippen molar-refractivity contribution >= 4 is 20.2 Å². The summed E-state index contributed by atoms with van der Waals surface area (Å²) < 4.78 is 24.3. The van der Waals surface area contributed by atoms with Gasteiger partial charge in [0.2, 0.25) is 5.91 Å². The molecule has 4 rings (SSSR count). The Bertz CT molecular complexity index is 1370. The van der Waals surface area contributed by atoms with Crippen molar-refractivity contribution in [3.8, 4) is 11.5 Å². The van der Waals surface area contributed by atoms with Gasteiger partial charge in [-0.1, -0.05) is 75.4 Å². The molecular weight excluding hydrogens is 582 g/mol. The SMILES string of the molecule is COc1ccc(C(c2ccccc2)(c2ccc(OC)cc2)[C@H]2C[C@@H](OC(=O)CCC(N)=O)C[C@@H](O[Si](C)(C)C(C)(C)C)C2)cc1. The van der Waals surface area contributed by atoms with Gasteiger partial charge < -0.3 is 24.4 Å². The van der Waals surface area contributed by atoms with Crippen molar-refractivity contribution in [2.75, 3.05) is 14.2 Å². The molecule has 1 aliphatic carbocycles. The second-order valence-corrected chi connectivity index (χ2v) is 18.4. The lowest BCUT2D eigenvalue weighted by atomic mass is 9.57. The molecule has 0 spiro atoms. The standard InChI is InChI=1S/C37H49NO6Si/c1-36(2,3)45(6,7)44-33-24-29(23-32(25-33)43-35(40)22-21-34(38)39)37(26-11-9-8-10-12-26,27-13-17-30(41-4)18-14-27)28-15-19-31(42-5)20-16-28/h8-20,29,32-33H,21-25H2,1-7H3,(H2,38,39)/t29-,32+,33-/m0/s1. The summed E-state index contributed by atoms with van der Waals surface area (Å²) in [5.41, 5.74) is 8.07. The smallest absolute Gasteiger partial charge is 0.306 e. The van der Waals surface area contributed by atoms with Gasteiger partial charge in [0.1, 0.15) is 17.6 Å². The molecule has 7 nitrogen and oxygen atoms in total. The van der Waals surface area contributed by atoms with Crippen LogP contribution in [-0.2, 0) is 24.2 Å². The maximum Gasteiger partial charge on any atom is 0.306 e. The maximum absolute atomic E-state index is 13.0. The Labute approximate surface area is 269 Å². The quantitative estimate of drug-likeness (QED) is 0.127. The van der Waals surface area contributed by atoms with Gasteiger partial charge in [-0.3, -0.25) is 9.59 Å². The minimum Gasteiger partial charge on any atom is -0.497 e. The summed E-state index contributed by atoms with van der Waals surface area (Å²) in [6.07, 6.45) is 1.40. The zero-order chi connectivity index (χ0) is 32.8. The van der Waals surface area contributed by atoms with Gasteiger partial charge in [0, 0.05) is 24.4 Å². The van der Waals surface area contributed by atoms with Crippen LogP contribution in [0.1, 0.15) is 69.6 Å². The number of nitrogens with two attached hydrogens (primary N) is 1. The van der Waals surface area contributed by atoms with E-state index in [1.54, 1.807) is 14.2 Å². The molecule has 242 valence electrons. The predicted octanol–water partition coefficient (Wildman–Crippen LogP) is 7.41. The van der Waals surface area contributed by atoms with Crippen molar-refractivity contribution in [3.05, 3.63) is 95.6 Å². The van der Waals surface area contributed by atoms with Gasteiger partial charge in [-0.2, -0.15) is 0 Å². The van der Waals surface area contributed by atoms with Crippen LogP contribution in [-0.4, -0.2) is 46.6 Å². The summed E-state index contributed by atoms with van der Waals surface area (Å²) in [5, 5.41) is 0.0100. The van der Waals surface area contributed by atoms with E-state index < -0.39 is 31.7 Å². The predicted molar refractivity (Wildman–Crippen MR) is 180 cm³/mol. The molecule has 0 aliphatic heterocycles. The average Bonchev–Trinajstić information content (AvgIpc) is 3.01. The third kappa shape index (κ3) is 7.79. The van der Waals surface area contributed by atoms with Crippen molar-refractivity contribution < 1.29 is 28.2 Å². The molecule has 3 aromatic carbocycles. The van der Waals surface area contributed by atoms with Crippen LogP contribution in [0.25, 0.3) is 0 Å². The van der Waals surface area contributed by atoms with Gasteiger partial charge in [0.05, 0.1) is 20.6 Å². The summed E-state index contributed by atoms with van der Waals surface area (Å²) in [6, 6.07) is 27.1. The highest BCUT2D eigenvalue weighted by atomic mass is 28.4. The number of hydrogen-bond donors (Lipinski definition) is 1. The summed E-state index contributed by atoms with van der Waals surface area (Å²) in [5.74, 6) is 0.609. The molecule has 0 saturated heterocycles. The Morgan fingerprint density at radius 3 is 1.69 bits per heavy atom.